The summed E-state index contributed by atoms with van der Waals surface area (Å²) >= 11 is 0. The van der Waals surface area contributed by atoms with E-state index in [0.29, 0.717) is 12.5 Å². The molecule has 1 aliphatic rings. The van der Waals surface area contributed by atoms with Gasteiger partial charge in [0.1, 0.15) is 11.6 Å². The van der Waals surface area contributed by atoms with Crippen molar-refractivity contribution >= 4 is 5.96 Å². The summed E-state index contributed by atoms with van der Waals surface area (Å²) in [6, 6.07) is 22.3. The van der Waals surface area contributed by atoms with Crippen LogP contribution in [0.25, 0.3) is 0 Å². The van der Waals surface area contributed by atoms with Gasteiger partial charge in [-0.2, -0.15) is 0 Å². The van der Waals surface area contributed by atoms with Crippen LogP contribution in [0.3, 0.4) is 0 Å². The fourth-order valence-corrected chi connectivity index (χ4v) is 3.30. The smallest absolute Gasteiger partial charge is 0.192 e. The second-order valence-electron chi connectivity index (χ2n) is 6.50. The van der Waals surface area contributed by atoms with Gasteiger partial charge in [0.25, 0.3) is 0 Å². The Morgan fingerprint density at radius 3 is 1.78 bits per heavy atom. The Labute approximate surface area is 156 Å². The summed E-state index contributed by atoms with van der Waals surface area (Å²) < 4.78 is 27.5. The van der Waals surface area contributed by atoms with Crippen LogP contribution in [-0.4, -0.2) is 5.96 Å². The highest BCUT2D eigenvalue weighted by molar-refractivity contribution is 5.83. The van der Waals surface area contributed by atoms with Crippen LogP contribution in [0.5, 0.6) is 0 Å². The normalized spacial score (nSPS) is 18.7. The van der Waals surface area contributed by atoms with Crippen molar-refractivity contribution in [2.75, 3.05) is 0 Å². The molecule has 2 unspecified atom stereocenters. The van der Waals surface area contributed by atoms with Crippen LogP contribution in [0, 0.1) is 11.6 Å². The van der Waals surface area contributed by atoms with Gasteiger partial charge in [0, 0.05) is 0 Å². The summed E-state index contributed by atoms with van der Waals surface area (Å²) in [5.74, 6) is 0.00584. The third kappa shape index (κ3) is 3.97. The molecule has 3 aromatic carbocycles. The van der Waals surface area contributed by atoms with E-state index >= 15 is 0 Å². The molecule has 4 rings (SSSR count). The van der Waals surface area contributed by atoms with Crippen molar-refractivity contribution in [2.45, 2.75) is 18.6 Å². The van der Waals surface area contributed by atoms with E-state index in [9.17, 15) is 8.78 Å². The molecule has 3 nitrogen and oxygen atoms in total. The van der Waals surface area contributed by atoms with Crippen molar-refractivity contribution in [1.82, 2.24) is 10.6 Å². The van der Waals surface area contributed by atoms with E-state index in [-0.39, 0.29) is 23.7 Å². The monoisotopic (exact) mass is 363 g/mol. The Kier molecular flexibility index (Phi) is 4.83. The number of hydrogen-bond acceptors (Lipinski definition) is 1. The first-order valence-corrected chi connectivity index (χ1v) is 8.81. The van der Waals surface area contributed by atoms with Crippen molar-refractivity contribution in [2.24, 2.45) is 4.99 Å². The molecule has 0 bridgehead atoms. The standard InChI is InChI=1S/C22H19F2N3/c23-18-10-4-8-16(12-18)20-21(17-9-5-11-19(24)13-17)27-22(26-20)25-14-15-6-2-1-3-7-15/h1-13,20-21H,14H2,(H2,25,26,27). The molecule has 3 aromatic rings. The Balaban J connectivity index is 1.64. The van der Waals surface area contributed by atoms with Gasteiger partial charge in [-0.05, 0) is 41.0 Å². The lowest BCUT2D eigenvalue weighted by molar-refractivity contribution is 0.540. The highest BCUT2D eigenvalue weighted by atomic mass is 19.1. The van der Waals surface area contributed by atoms with E-state index in [1.807, 2.05) is 42.5 Å². The first-order chi connectivity index (χ1) is 13.2. The van der Waals surface area contributed by atoms with Gasteiger partial charge in [0.15, 0.2) is 5.96 Å². The van der Waals surface area contributed by atoms with Gasteiger partial charge < -0.3 is 10.6 Å². The lowest BCUT2D eigenvalue weighted by Crippen LogP contribution is -2.25. The quantitative estimate of drug-likeness (QED) is 0.716. The van der Waals surface area contributed by atoms with E-state index in [2.05, 4.69) is 15.6 Å². The lowest BCUT2D eigenvalue weighted by Gasteiger charge is -2.19. The topological polar surface area (TPSA) is 36.4 Å². The molecule has 0 spiro atoms. The maximum atomic E-state index is 13.7. The molecule has 136 valence electrons. The van der Waals surface area contributed by atoms with Gasteiger partial charge in [0.2, 0.25) is 0 Å². The van der Waals surface area contributed by atoms with Crippen molar-refractivity contribution in [3.63, 3.8) is 0 Å². The zero-order valence-corrected chi connectivity index (χ0v) is 14.6. The van der Waals surface area contributed by atoms with Crippen LogP contribution in [-0.2, 0) is 6.54 Å². The number of nitrogens with zero attached hydrogens (tertiary/aromatic N) is 1. The van der Waals surface area contributed by atoms with Crippen LogP contribution >= 0.6 is 0 Å². The Morgan fingerprint density at radius 1 is 0.704 bits per heavy atom. The number of halogens is 2. The number of guanidine groups is 1. The molecule has 1 heterocycles. The van der Waals surface area contributed by atoms with Gasteiger partial charge in [0.05, 0.1) is 18.6 Å². The average Bonchev–Trinajstić information content (AvgIpc) is 3.12. The average molecular weight is 363 g/mol. The molecule has 0 amide bonds. The van der Waals surface area contributed by atoms with Gasteiger partial charge in [-0.15, -0.1) is 0 Å². The molecule has 5 heteroatoms. The van der Waals surface area contributed by atoms with Crippen LogP contribution in [0.15, 0.2) is 83.9 Å². The maximum absolute atomic E-state index is 13.7. The fourth-order valence-electron chi connectivity index (χ4n) is 3.30. The first kappa shape index (κ1) is 17.2. The summed E-state index contributed by atoms with van der Waals surface area (Å²) in [4.78, 5) is 4.60. The molecule has 1 aliphatic heterocycles. The predicted molar refractivity (Wildman–Crippen MR) is 102 cm³/mol. The van der Waals surface area contributed by atoms with E-state index in [4.69, 9.17) is 0 Å². The fraction of sp³-hybridized carbons (Fsp3) is 0.136. The van der Waals surface area contributed by atoms with Crippen LogP contribution in [0.4, 0.5) is 8.78 Å². The van der Waals surface area contributed by atoms with Crippen LogP contribution < -0.4 is 10.6 Å². The molecule has 2 N–H and O–H groups in total. The van der Waals surface area contributed by atoms with Gasteiger partial charge in [-0.1, -0.05) is 54.6 Å². The predicted octanol–water partition coefficient (Wildman–Crippen LogP) is 4.50. The Bertz CT molecular complexity index is 901. The van der Waals surface area contributed by atoms with Crippen molar-refractivity contribution in [3.05, 3.63) is 107 Å². The number of benzene rings is 3. The molecule has 0 aliphatic carbocycles. The number of rotatable bonds is 4. The first-order valence-electron chi connectivity index (χ1n) is 8.81. The highest BCUT2D eigenvalue weighted by Crippen LogP contribution is 2.33. The summed E-state index contributed by atoms with van der Waals surface area (Å²) in [6.07, 6.45) is 0. The van der Waals surface area contributed by atoms with Gasteiger partial charge in [-0.3, -0.25) is 0 Å². The summed E-state index contributed by atoms with van der Waals surface area (Å²) in [5.41, 5.74) is 2.65. The summed E-state index contributed by atoms with van der Waals surface area (Å²) in [7, 11) is 0. The van der Waals surface area contributed by atoms with E-state index in [0.717, 1.165) is 16.7 Å². The highest BCUT2D eigenvalue weighted by Gasteiger charge is 2.33. The molecule has 2 atom stereocenters. The second kappa shape index (κ2) is 7.58. The minimum Gasteiger partial charge on any atom is -0.347 e. The zero-order chi connectivity index (χ0) is 18.6. The van der Waals surface area contributed by atoms with Crippen molar-refractivity contribution in [3.8, 4) is 0 Å². The van der Waals surface area contributed by atoms with E-state index < -0.39 is 0 Å². The molecular weight excluding hydrogens is 344 g/mol. The molecule has 27 heavy (non-hydrogen) atoms. The maximum Gasteiger partial charge on any atom is 0.192 e. The van der Waals surface area contributed by atoms with Gasteiger partial charge >= 0.3 is 0 Å². The van der Waals surface area contributed by atoms with Crippen molar-refractivity contribution < 1.29 is 8.78 Å². The van der Waals surface area contributed by atoms with Gasteiger partial charge in [-0.25, -0.2) is 13.8 Å². The Morgan fingerprint density at radius 2 is 1.26 bits per heavy atom. The molecule has 1 fully saturated rings. The second-order valence-corrected chi connectivity index (χ2v) is 6.50. The van der Waals surface area contributed by atoms with Crippen LogP contribution in [0.1, 0.15) is 28.8 Å². The SMILES string of the molecule is Fc1cccc(C2NC(=NCc3ccccc3)NC2c2cccc(F)c2)c1. The summed E-state index contributed by atoms with van der Waals surface area (Å²) in [5, 5.41) is 6.65. The molecule has 0 saturated carbocycles. The third-order valence-electron chi connectivity index (χ3n) is 4.60. The van der Waals surface area contributed by atoms with E-state index in [1.54, 1.807) is 12.1 Å². The summed E-state index contributed by atoms with van der Waals surface area (Å²) in [6.45, 7) is 0.516. The number of aliphatic imine (C=N–C) groups is 1. The molecule has 0 aromatic heterocycles. The third-order valence-corrected chi connectivity index (χ3v) is 4.60. The molecular formula is C22H19F2N3. The number of nitrogens with one attached hydrogen (secondary N) is 2. The van der Waals surface area contributed by atoms with E-state index in [1.165, 1.54) is 24.3 Å². The largest absolute Gasteiger partial charge is 0.347 e. The molecule has 0 radical (unpaired) electrons. The van der Waals surface area contributed by atoms with Crippen LogP contribution in [0.2, 0.25) is 0 Å². The minimum absolute atomic E-state index is 0.253. The number of hydrogen-bond donors (Lipinski definition) is 2. The molecule has 1 saturated heterocycles. The minimum atomic E-state index is -0.304. The van der Waals surface area contributed by atoms with Crippen molar-refractivity contribution in [1.29, 1.82) is 0 Å². The lowest BCUT2D eigenvalue weighted by atomic mass is 9.95. The zero-order valence-electron chi connectivity index (χ0n) is 14.6. The Hall–Kier alpha value is -3.21.